The quantitative estimate of drug-likeness (QED) is 0.898. The predicted octanol–water partition coefficient (Wildman–Crippen LogP) is 3.72. The summed E-state index contributed by atoms with van der Waals surface area (Å²) >= 11 is 0. The van der Waals surface area contributed by atoms with Crippen molar-refractivity contribution in [1.82, 2.24) is 0 Å². The van der Waals surface area contributed by atoms with Gasteiger partial charge < -0.3 is 5.32 Å². The molecular formula is C17H16N2. The average molecular weight is 248 g/mol. The van der Waals surface area contributed by atoms with Gasteiger partial charge in [-0.2, -0.15) is 5.26 Å². The molecule has 0 atom stereocenters. The summed E-state index contributed by atoms with van der Waals surface area (Å²) in [7, 11) is 0. The minimum absolute atomic E-state index is 0.298. The second-order valence-corrected chi connectivity index (χ2v) is 5.18. The van der Waals surface area contributed by atoms with Crippen molar-refractivity contribution in [2.24, 2.45) is 0 Å². The summed E-state index contributed by atoms with van der Waals surface area (Å²) in [6.07, 6.45) is 1.75. The standard InChI is InChI=1S/C17H16N2/c18-13-17(14-7-3-1-4-8-14)11-16(12-17)19-15-9-5-2-6-10-15/h1-10,16,19H,11-12H2. The van der Waals surface area contributed by atoms with E-state index in [0.717, 1.165) is 24.1 Å². The highest BCUT2D eigenvalue weighted by atomic mass is 14.9. The maximum Gasteiger partial charge on any atom is 0.0861 e. The third-order valence-electron chi connectivity index (χ3n) is 3.87. The van der Waals surface area contributed by atoms with Crippen LogP contribution in [0.2, 0.25) is 0 Å². The Bertz CT molecular complexity index is 578. The van der Waals surface area contributed by atoms with E-state index in [9.17, 15) is 5.26 Å². The van der Waals surface area contributed by atoms with Crippen molar-refractivity contribution in [3.8, 4) is 6.07 Å². The van der Waals surface area contributed by atoms with Gasteiger partial charge in [-0.05, 0) is 30.5 Å². The largest absolute Gasteiger partial charge is 0.382 e. The van der Waals surface area contributed by atoms with Crippen LogP contribution < -0.4 is 5.32 Å². The molecule has 1 N–H and O–H groups in total. The van der Waals surface area contributed by atoms with Crippen molar-refractivity contribution in [2.45, 2.75) is 24.3 Å². The molecular weight excluding hydrogens is 232 g/mol. The topological polar surface area (TPSA) is 35.8 Å². The second kappa shape index (κ2) is 4.78. The number of benzene rings is 2. The monoisotopic (exact) mass is 248 g/mol. The molecule has 2 aromatic rings. The maximum absolute atomic E-state index is 9.50. The van der Waals surface area contributed by atoms with Gasteiger partial charge in [-0.3, -0.25) is 0 Å². The van der Waals surface area contributed by atoms with Gasteiger partial charge in [-0.15, -0.1) is 0 Å². The van der Waals surface area contributed by atoms with E-state index in [1.165, 1.54) is 0 Å². The highest BCUT2D eigenvalue weighted by Crippen LogP contribution is 2.44. The molecule has 1 aliphatic carbocycles. The zero-order valence-corrected chi connectivity index (χ0v) is 10.7. The van der Waals surface area contributed by atoms with Crippen molar-refractivity contribution in [3.63, 3.8) is 0 Å². The van der Waals surface area contributed by atoms with E-state index in [4.69, 9.17) is 0 Å². The van der Waals surface area contributed by atoms with Crippen LogP contribution in [0.5, 0.6) is 0 Å². The van der Waals surface area contributed by atoms with E-state index in [1.54, 1.807) is 0 Å². The molecule has 0 radical (unpaired) electrons. The van der Waals surface area contributed by atoms with E-state index in [2.05, 4.69) is 35.7 Å². The van der Waals surface area contributed by atoms with Crippen LogP contribution in [0.1, 0.15) is 18.4 Å². The molecule has 3 rings (SSSR count). The van der Waals surface area contributed by atoms with Crippen LogP contribution in [-0.4, -0.2) is 6.04 Å². The number of nitrogens with one attached hydrogen (secondary N) is 1. The van der Waals surface area contributed by atoms with Crippen LogP contribution in [0.4, 0.5) is 5.69 Å². The van der Waals surface area contributed by atoms with Crippen molar-refractivity contribution < 1.29 is 0 Å². The van der Waals surface area contributed by atoms with E-state index in [-0.39, 0.29) is 5.41 Å². The first-order valence-electron chi connectivity index (χ1n) is 6.61. The molecule has 2 heteroatoms. The first-order valence-corrected chi connectivity index (χ1v) is 6.61. The normalized spacial score (nSPS) is 25.1. The molecule has 0 spiro atoms. The van der Waals surface area contributed by atoms with E-state index < -0.39 is 0 Å². The maximum atomic E-state index is 9.50. The first kappa shape index (κ1) is 11.8. The number of para-hydroxylation sites is 1. The van der Waals surface area contributed by atoms with Crippen LogP contribution in [-0.2, 0) is 5.41 Å². The summed E-state index contributed by atoms with van der Waals surface area (Å²) in [6, 6.07) is 23.2. The van der Waals surface area contributed by atoms with Gasteiger partial charge in [0.1, 0.15) is 0 Å². The Morgan fingerprint density at radius 2 is 1.53 bits per heavy atom. The summed E-state index contributed by atoms with van der Waals surface area (Å²) in [5, 5.41) is 13.0. The second-order valence-electron chi connectivity index (χ2n) is 5.18. The van der Waals surface area contributed by atoms with Gasteiger partial charge in [-0.1, -0.05) is 48.5 Å². The molecule has 2 nitrogen and oxygen atoms in total. The number of nitriles is 1. The van der Waals surface area contributed by atoms with E-state index in [1.807, 2.05) is 36.4 Å². The molecule has 0 aliphatic heterocycles. The van der Waals surface area contributed by atoms with Gasteiger partial charge in [0.05, 0.1) is 11.5 Å². The lowest BCUT2D eigenvalue weighted by molar-refractivity contribution is 0.289. The van der Waals surface area contributed by atoms with Crippen molar-refractivity contribution in [2.75, 3.05) is 5.32 Å². The Morgan fingerprint density at radius 3 is 2.11 bits per heavy atom. The van der Waals surface area contributed by atoms with Crippen molar-refractivity contribution in [3.05, 3.63) is 66.2 Å². The molecule has 94 valence electrons. The van der Waals surface area contributed by atoms with Crippen LogP contribution in [0, 0.1) is 11.3 Å². The lowest BCUT2D eigenvalue weighted by Crippen LogP contribution is -2.47. The minimum Gasteiger partial charge on any atom is -0.382 e. The van der Waals surface area contributed by atoms with Gasteiger partial charge in [-0.25, -0.2) is 0 Å². The zero-order valence-electron chi connectivity index (χ0n) is 10.7. The molecule has 0 saturated heterocycles. The van der Waals surface area contributed by atoms with Crippen LogP contribution in [0.25, 0.3) is 0 Å². The molecule has 0 heterocycles. The number of hydrogen-bond donors (Lipinski definition) is 1. The van der Waals surface area contributed by atoms with Gasteiger partial charge in [0.15, 0.2) is 0 Å². The van der Waals surface area contributed by atoms with Gasteiger partial charge in [0.2, 0.25) is 0 Å². The molecule has 19 heavy (non-hydrogen) atoms. The summed E-state index contributed by atoms with van der Waals surface area (Å²) in [6.45, 7) is 0. The third-order valence-corrected chi connectivity index (χ3v) is 3.87. The van der Waals surface area contributed by atoms with Crippen LogP contribution in [0.3, 0.4) is 0 Å². The first-order chi connectivity index (χ1) is 9.32. The number of anilines is 1. The number of rotatable bonds is 3. The number of hydrogen-bond acceptors (Lipinski definition) is 2. The molecule has 0 unspecified atom stereocenters. The summed E-state index contributed by atoms with van der Waals surface area (Å²) in [5.41, 5.74) is 1.98. The average Bonchev–Trinajstić information content (AvgIpc) is 2.44. The number of nitrogens with zero attached hydrogens (tertiary/aromatic N) is 1. The fraction of sp³-hybridized carbons (Fsp3) is 0.235. The fourth-order valence-electron chi connectivity index (χ4n) is 2.80. The zero-order chi connectivity index (χ0) is 13.1. The smallest absolute Gasteiger partial charge is 0.0861 e. The molecule has 0 amide bonds. The Balaban J connectivity index is 1.70. The molecule has 1 fully saturated rings. The molecule has 1 aliphatic rings. The summed E-state index contributed by atoms with van der Waals surface area (Å²) in [5.74, 6) is 0. The minimum atomic E-state index is -0.298. The summed E-state index contributed by atoms with van der Waals surface area (Å²) in [4.78, 5) is 0. The predicted molar refractivity (Wildman–Crippen MR) is 76.8 cm³/mol. The Hall–Kier alpha value is -2.27. The highest BCUT2D eigenvalue weighted by molar-refractivity contribution is 5.47. The molecule has 0 bridgehead atoms. The van der Waals surface area contributed by atoms with E-state index >= 15 is 0 Å². The summed E-state index contributed by atoms with van der Waals surface area (Å²) < 4.78 is 0. The van der Waals surface area contributed by atoms with E-state index in [0.29, 0.717) is 6.04 Å². The van der Waals surface area contributed by atoms with Gasteiger partial charge >= 0.3 is 0 Å². The highest BCUT2D eigenvalue weighted by Gasteiger charge is 2.45. The van der Waals surface area contributed by atoms with Crippen molar-refractivity contribution in [1.29, 1.82) is 5.26 Å². The van der Waals surface area contributed by atoms with Crippen molar-refractivity contribution >= 4 is 5.69 Å². The molecule has 0 aromatic heterocycles. The van der Waals surface area contributed by atoms with Gasteiger partial charge in [0, 0.05) is 11.7 Å². The van der Waals surface area contributed by atoms with Crippen LogP contribution >= 0.6 is 0 Å². The SMILES string of the molecule is N#CC1(c2ccccc2)CC(Nc2ccccc2)C1. The lowest BCUT2D eigenvalue weighted by atomic mass is 9.62. The Labute approximate surface area is 113 Å². The fourth-order valence-corrected chi connectivity index (χ4v) is 2.80. The Kier molecular flexibility index (Phi) is 2.97. The molecule has 1 saturated carbocycles. The molecule has 2 aromatic carbocycles. The Morgan fingerprint density at radius 1 is 0.947 bits per heavy atom. The lowest BCUT2D eigenvalue weighted by Gasteiger charge is -2.43. The van der Waals surface area contributed by atoms with Crippen LogP contribution in [0.15, 0.2) is 60.7 Å². The third kappa shape index (κ3) is 2.20. The van der Waals surface area contributed by atoms with Gasteiger partial charge in [0.25, 0.3) is 0 Å².